The largest absolute Gasteiger partial charge is 0.339 e. The molecule has 0 unspecified atom stereocenters. The molecule has 0 N–H and O–H groups in total. The molecule has 3 rings (SSSR count). The molecule has 0 saturated carbocycles. The van der Waals surface area contributed by atoms with Crippen LogP contribution in [0.1, 0.15) is 52.7 Å². The maximum atomic E-state index is 14.3. The first kappa shape index (κ1) is 25.8. The van der Waals surface area contributed by atoms with Crippen LogP contribution in [0, 0.1) is 18.8 Å². The Hall–Kier alpha value is -1.84. The van der Waals surface area contributed by atoms with Gasteiger partial charge in [0.25, 0.3) is 0 Å². The molecule has 0 saturated heterocycles. The van der Waals surface area contributed by atoms with Gasteiger partial charge in [0.05, 0.1) is 0 Å². The second-order valence-electron chi connectivity index (χ2n) is 9.85. The number of halogens is 3. The zero-order valence-corrected chi connectivity index (χ0v) is 22.6. The third-order valence-corrected chi connectivity index (χ3v) is 12.5. The number of benzene rings is 3. The minimum Gasteiger partial charge on any atom is -0.207 e. The predicted molar refractivity (Wildman–Crippen MR) is 122 cm³/mol. The molecule has 0 aliphatic heterocycles. The smallest absolute Gasteiger partial charge is 0.207 e. The van der Waals surface area contributed by atoms with E-state index in [1.54, 1.807) is 0 Å². The van der Waals surface area contributed by atoms with Crippen molar-refractivity contribution in [2.75, 3.05) is 0 Å². The zero-order chi connectivity index (χ0) is 24.6. The van der Waals surface area contributed by atoms with Crippen LogP contribution in [0.25, 0.3) is 0 Å². The van der Waals surface area contributed by atoms with Gasteiger partial charge in [0.15, 0.2) is 7.14 Å². The lowest BCUT2D eigenvalue weighted by atomic mass is 9.87. The minimum atomic E-state index is -4.45. The van der Waals surface area contributed by atoms with Crippen LogP contribution in [0.5, 0.6) is 0 Å². The molecule has 3 aromatic carbocycles. The van der Waals surface area contributed by atoms with Crippen LogP contribution in [-0.4, -0.2) is 8.42 Å². The van der Waals surface area contributed by atoms with Crippen molar-refractivity contribution in [3.8, 4) is 0 Å². The minimum absolute atomic E-state index is 0.0594. The summed E-state index contributed by atoms with van der Waals surface area (Å²) >= 11 is -3.00. The quantitative estimate of drug-likeness (QED) is 0.430. The van der Waals surface area contributed by atoms with E-state index in [9.17, 15) is 17.2 Å². The van der Waals surface area contributed by atoms with Crippen LogP contribution in [0.15, 0.2) is 71.6 Å². The highest BCUT2D eigenvalue weighted by Gasteiger charge is 2.39. The molecule has 3 nitrogen and oxygen atoms in total. The first-order chi connectivity index (χ1) is 15.2. The molecule has 177 valence electrons. The fourth-order valence-electron chi connectivity index (χ4n) is 3.12. The van der Waals surface area contributed by atoms with Gasteiger partial charge < -0.3 is 0 Å². The summed E-state index contributed by atoms with van der Waals surface area (Å²) in [4.78, 5) is -0.663. The summed E-state index contributed by atoms with van der Waals surface area (Å²) < 4.78 is 60.9. The van der Waals surface area contributed by atoms with Crippen molar-refractivity contribution in [3.63, 3.8) is 0 Å². The van der Waals surface area contributed by atoms with Crippen molar-refractivity contribution in [2.24, 2.45) is 0 Å². The van der Waals surface area contributed by atoms with Crippen molar-refractivity contribution < 1.29 is 39.9 Å². The monoisotopic (exact) mass is 586 g/mol. The zero-order valence-electron chi connectivity index (χ0n) is 19.6. The van der Waals surface area contributed by atoms with Crippen LogP contribution in [0.3, 0.4) is 0 Å². The number of rotatable bonds is 5. The lowest BCUT2D eigenvalue weighted by Gasteiger charge is -2.19. The van der Waals surface area contributed by atoms with Crippen LogP contribution in [0.2, 0.25) is 0 Å². The van der Waals surface area contributed by atoms with E-state index in [0.29, 0.717) is 6.07 Å². The van der Waals surface area contributed by atoms with Crippen molar-refractivity contribution >= 4 is 10.1 Å². The lowest BCUT2D eigenvalue weighted by molar-refractivity contribution is -1.03. The summed E-state index contributed by atoms with van der Waals surface area (Å²) in [5, 5.41) is 0. The summed E-state index contributed by atoms with van der Waals surface area (Å²) in [6.07, 6.45) is 0. The topological polar surface area (TPSA) is 43.4 Å². The maximum Gasteiger partial charge on any atom is 0.339 e. The Morgan fingerprint density at radius 2 is 1.12 bits per heavy atom. The van der Waals surface area contributed by atoms with Crippen molar-refractivity contribution in [2.45, 2.75) is 57.3 Å². The molecule has 33 heavy (non-hydrogen) atoms. The second-order valence-corrected chi connectivity index (χ2v) is 16.3. The van der Waals surface area contributed by atoms with Gasteiger partial charge >= 0.3 is 30.4 Å². The van der Waals surface area contributed by atoms with E-state index in [-0.39, 0.29) is 10.8 Å². The molecule has 3 aromatic rings. The number of hydrogen-bond donors (Lipinski definition) is 0. The third kappa shape index (κ3) is 6.19. The summed E-state index contributed by atoms with van der Waals surface area (Å²) in [6.45, 7) is 12.6. The van der Waals surface area contributed by atoms with Crippen LogP contribution in [0.4, 0.5) is 8.78 Å². The van der Waals surface area contributed by atoms with Gasteiger partial charge in [0.1, 0.15) is 16.5 Å². The molecule has 0 atom stereocenters. The highest BCUT2D eigenvalue weighted by atomic mass is 127. The van der Waals surface area contributed by atoms with Gasteiger partial charge in [-0.2, -0.15) is 8.42 Å². The standard InChI is InChI=1S/C26H29F2IO3S/c1-25(2,3)18-7-12-21(13-8-18)29(22-14-9-19(10-15-22)26(4,5)6)32-33(30,31)24-16-11-20(27)17-23(24)28/h7-17H,1-6H3/q+1. The number of hydrogen-bond acceptors (Lipinski definition) is 3. The molecule has 0 amide bonds. The van der Waals surface area contributed by atoms with Gasteiger partial charge in [0.2, 0.25) is 0 Å². The summed E-state index contributed by atoms with van der Waals surface area (Å²) in [5.41, 5.74) is 2.10. The van der Waals surface area contributed by atoms with Gasteiger partial charge in [-0.05, 0) is 60.9 Å². The summed E-state index contributed by atoms with van der Waals surface area (Å²) in [5.74, 6) is -2.02. The van der Waals surface area contributed by atoms with E-state index >= 15 is 0 Å². The third-order valence-electron chi connectivity index (χ3n) is 5.13. The summed E-state index contributed by atoms with van der Waals surface area (Å²) in [7, 11) is -4.45. The predicted octanol–water partition coefficient (Wildman–Crippen LogP) is 3.54. The summed E-state index contributed by atoms with van der Waals surface area (Å²) in [6, 6.07) is 17.8. The van der Waals surface area contributed by atoms with E-state index in [4.69, 9.17) is 2.51 Å². The Labute approximate surface area is 203 Å². The Bertz CT molecular complexity index is 1170. The van der Waals surface area contributed by atoms with Gasteiger partial charge in [0, 0.05) is 6.07 Å². The highest BCUT2D eigenvalue weighted by molar-refractivity contribution is 7.86. The van der Waals surface area contributed by atoms with Crippen LogP contribution < -0.4 is 20.2 Å². The van der Waals surface area contributed by atoms with E-state index in [1.807, 2.05) is 48.5 Å². The average molecular weight is 586 g/mol. The Morgan fingerprint density at radius 3 is 1.48 bits per heavy atom. The molecule has 0 aliphatic rings. The molecule has 1 radical (unpaired) electrons. The molecule has 7 heteroatoms. The van der Waals surface area contributed by atoms with Gasteiger partial charge in [-0.1, -0.05) is 65.8 Å². The molecule has 0 bridgehead atoms. The molecular formula is C26H29F2IO3S+. The molecular weight excluding hydrogens is 557 g/mol. The second kappa shape index (κ2) is 9.43. The molecule has 0 aromatic heterocycles. The fraction of sp³-hybridized carbons (Fsp3) is 0.308. The fourth-order valence-corrected chi connectivity index (χ4v) is 10.0. The lowest BCUT2D eigenvalue weighted by Crippen LogP contribution is -3.85. The van der Waals surface area contributed by atoms with Gasteiger partial charge in [-0.3, -0.25) is 0 Å². The average Bonchev–Trinajstić information content (AvgIpc) is 2.71. The highest BCUT2D eigenvalue weighted by Crippen LogP contribution is 2.22. The first-order valence-corrected chi connectivity index (χ1v) is 14.9. The maximum absolute atomic E-state index is 14.3. The van der Waals surface area contributed by atoms with E-state index in [0.717, 1.165) is 30.4 Å². The van der Waals surface area contributed by atoms with Gasteiger partial charge in [-0.25, -0.2) is 8.78 Å². The van der Waals surface area contributed by atoms with E-state index in [1.165, 1.54) is 0 Å². The normalized spacial score (nSPS) is 12.9. The molecule has 0 aliphatic carbocycles. The molecule has 0 fully saturated rings. The Kier molecular flexibility index (Phi) is 7.36. The van der Waals surface area contributed by atoms with Gasteiger partial charge in [-0.15, -0.1) is 0 Å². The van der Waals surface area contributed by atoms with Crippen molar-refractivity contribution in [1.82, 2.24) is 0 Å². The first-order valence-electron chi connectivity index (χ1n) is 10.5. The molecule has 0 spiro atoms. The van der Waals surface area contributed by atoms with E-state index < -0.39 is 46.9 Å². The SMILES string of the molecule is CC(C)(C)c1ccc([I+](OS(=O)(=O)c2ccc(F)cc2F)c2ccc(C(C)(C)C)cc2)cc1. The Morgan fingerprint density at radius 1 is 0.697 bits per heavy atom. The van der Waals surface area contributed by atoms with E-state index in [2.05, 4.69) is 41.5 Å². The van der Waals surface area contributed by atoms with Crippen molar-refractivity contribution in [1.29, 1.82) is 0 Å². The Balaban J connectivity index is 2.07. The van der Waals surface area contributed by atoms with Crippen LogP contribution in [-0.2, 0) is 23.5 Å². The van der Waals surface area contributed by atoms with Crippen molar-refractivity contribution in [3.05, 3.63) is 96.6 Å². The molecule has 0 heterocycles. The van der Waals surface area contributed by atoms with Crippen LogP contribution >= 0.6 is 0 Å².